The molecular formula is C17H16N2. The van der Waals surface area contributed by atoms with Crippen LogP contribution in [0.1, 0.15) is 5.56 Å². The SMILES string of the molecule is c1ccc(CCNc2nccc3ccccc23)cc1. The lowest BCUT2D eigenvalue weighted by molar-refractivity contribution is 1.01. The van der Waals surface area contributed by atoms with Gasteiger partial charge in [-0.3, -0.25) is 0 Å². The Kier molecular flexibility index (Phi) is 3.41. The molecule has 0 spiro atoms. The molecule has 0 bridgehead atoms. The van der Waals surface area contributed by atoms with E-state index in [1.165, 1.54) is 16.3 Å². The molecule has 94 valence electrons. The van der Waals surface area contributed by atoms with Gasteiger partial charge >= 0.3 is 0 Å². The van der Waals surface area contributed by atoms with Gasteiger partial charge in [-0.1, -0.05) is 54.6 Å². The van der Waals surface area contributed by atoms with Gasteiger partial charge in [-0.15, -0.1) is 0 Å². The van der Waals surface area contributed by atoms with Crippen molar-refractivity contribution < 1.29 is 0 Å². The zero-order chi connectivity index (χ0) is 12.9. The van der Waals surface area contributed by atoms with Crippen LogP contribution >= 0.6 is 0 Å². The molecule has 2 nitrogen and oxygen atoms in total. The lowest BCUT2D eigenvalue weighted by Crippen LogP contribution is -2.06. The van der Waals surface area contributed by atoms with Gasteiger partial charge in [-0.25, -0.2) is 4.98 Å². The van der Waals surface area contributed by atoms with E-state index in [-0.39, 0.29) is 0 Å². The Labute approximate surface area is 113 Å². The molecule has 0 atom stereocenters. The minimum Gasteiger partial charge on any atom is -0.369 e. The summed E-state index contributed by atoms with van der Waals surface area (Å²) in [6.07, 6.45) is 2.86. The average Bonchev–Trinajstić information content (AvgIpc) is 2.49. The lowest BCUT2D eigenvalue weighted by Gasteiger charge is -2.08. The summed E-state index contributed by atoms with van der Waals surface area (Å²) < 4.78 is 0. The molecule has 1 N–H and O–H groups in total. The zero-order valence-corrected chi connectivity index (χ0v) is 10.7. The summed E-state index contributed by atoms with van der Waals surface area (Å²) in [4.78, 5) is 4.43. The molecule has 2 heteroatoms. The maximum absolute atomic E-state index is 4.43. The highest BCUT2D eigenvalue weighted by molar-refractivity contribution is 5.91. The third kappa shape index (κ3) is 2.74. The minimum absolute atomic E-state index is 0.894. The molecule has 0 saturated carbocycles. The molecule has 0 saturated heterocycles. The summed E-state index contributed by atoms with van der Waals surface area (Å²) in [7, 11) is 0. The highest BCUT2D eigenvalue weighted by atomic mass is 15.0. The Balaban J connectivity index is 1.72. The van der Waals surface area contributed by atoms with E-state index < -0.39 is 0 Å². The molecule has 19 heavy (non-hydrogen) atoms. The fourth-order valence-corrected chi connectivity index (χ4v) is 2.23. The first-order valence-electron chi connectivity index (χ1n) is 6.55. The molecule has 0 aliphatic heterocycles. The number of nitrogens with one attached hydrogen (secondary N) is 1. The Morgan fingerprint density at radius 2 is 1.63 bits per heavy atom. The fourth-order valence-electron chi connectivity index (χ4n) is 2.23. The Morgan fingerprint density at radius 3 is 2.53 bits per heavy atom. The fraction of sp³-hybridized carbons (Fsp3) is 0.118. The second-order valence-corrected chi connectivity index (χ2v) is 4.54. The van der Waals surface area contributed by atoms with Gasteiger partial charge < -0.3 is 5.32 Å². The first-order valence-corrected chi connectivity index (χ1v) is 6.55. The largest absolute Gasteiger partial charge is 0.369 e. The zero-order valence-electron chi connectivity index (χ0n) is 10.7. The predicted octanol–water partition coefficient (Wildman–Crippen LogP) is 3.89. The van der Waals surface area contributed by atoms with E-state index in [0.29, 0.717) is 0 Å². The number of hydrogen-bond donors (Lipinski definition) is 1. The Morgan fingerprint density at radius 1 is 0.842 bits per heavy atom. The van der Waals surface area contributed by atoms with Gasteiger partial charge in [0.2, 0.25) is 0 Å². The van der Waals surface area contributed by atoms with Crippen LogP contribution < -0.4 is 5.32 Å². The molecule has 1 heterocycles. The second kappa shape index (κ2) is 5.53. The van der Waals surface area contributed by atoms with Crippen LogP contribution in [0.3, 0.4) is 0 Å². The van der Waals surface area contributed by atoms with Crippen molar-refractivity contribution in [2.24, 2.45) is 0 Å². The van der Waals surface area contributed by atoms with Gasteiger partial charge in [0.25, 0.3) is 0 Å². The van der Waals surface area contributed by atoms with E-state index in [0.717, 1.165) is 18.8 Å². The van der Waals surface area contributed by atoms with E-state index in [1.54, 1.807) is 0 Å². The number of fused-ring (bicyclic) bond motifs is 1. The lowest BCUT2D eigenvalue weighted by atomic mass is 10.1. The summed E-state index contributed by atoms with van der Waals surface area (Å²) in [5.41, 5.74) is 1.34. The van der Waals surface area contributed by atoms with Crippen molar-refractivity contribution >= 4 is 16.6 Å². The van der Waals surface area contributed by atoms with Crippen molar-refractivity contribution in [2.45, 2.75) is 6.42 Å². The number of benzene rings is 2. The van der Waals surface area contributed by atoms with Crippen LogP contribution in [0.5, 0.6) is 0 Å². The summed E-state index contributed by atoms with van der Waals surface area (Å²) >= 11 is 0. The summed E-state index contributed by atoms with van der Waals surface area (Å²) in [6, 6.07) is 20.9. The van der Waals surface area contributed by atoms with Crippen LogP contribution in [0, 0.1) is 0 Å². The average molecular weight is 248 g/mol. The van der Waals surface area contributed by atoms with Crippen LogP contribution in [-0.2, 0) is 6.42 Å². The molecule has 0 fully saturated rings. The Bertz CT molecular complexity index is 657. The number of rotatable bonds is 4. The van der Waals surface area contributed by atoms with Crippen molar-refractivity contribution in [1.82, 2.24) is 4.98 Å². The predicted molar refractivity (Wildman–Crippen MR) is 80.4 cm³/mol. The Hall–Kier alpha value is -2.35. The minimum atomic E-state index is 0.894. The second-order valence-electron chi connectivity index (χ2n) is 4.54. The van der Waals surface area contributed by atoms with Crippen molar-refractivity contribution in [3.8, 4) is 0 Å². The van der Waals surface area contributed by atoms with Crippen LogP contribution in [0.25, 0.3) is 10.8 Å². The van der Waals surface area contributed by atoms with Crippen molar-refractivity contribution in [1.29, 1.82) is 0 Å². The number of pyridine rings is 1. The third-order valence-corrected chi connectivity index (χ3v) is 3.22. The smallest absolute Gasteiger partial charge is 0.133 e. The van der Waals surface area contributed by atoms with Gasteiger partial charge in [0, 0.05) is 18.1 Å². The first-order chi connectivity index (χ1) is 9.43. The van der Waals surface area contributed by atoms with Crippen LogP contribution in [-0.4, -0.2) is 11.5 Å². The molecular weight excluding hydrogens is 232 g/mol. The number of anilines is 1. The van der Waals surface area contributed by atoms with E-state index in [1.807, 2.05) is 24.4 Å². The van der Waals surface area contributed by atoms with Gasteiger partial charge in [0.05, 0.1) is 0 Å². The van der Waals surface area contributed by atoms with Crippen LogP contribution in [0.2, 0.25) is 0 Å². The van der Waals surface area contributed by atoms with E-state index >= 15 is 0 Å². The van der Waals surface area contributed by atoms with Gasteiger partial charge in [0.1, 0.15) is 5.82 Å². The third-order valence-electron chi connectivity index (χ3n) is 3.22. The number of aromatic nitrogens is 1. The molecule has 0 amide bonds. The van der Waals surface area contributed by atoms with Gasteiger partial charge in [-0.05, 0) is 23.4 Å². The van der Waals surface area contributed by atoms with Gasteiger partial charge in [-0.2, -0.15) is 0 Å². The molecule has 0 unspecified atom stereocenters. The monoisotopic (exact) mass is 248 g/mol. The van der Waals surface area contributed by atoms with Gasteiger partial charge in [0.15, 0.2) is 0 Å². The van der Waals surface area contributed by atoms with Crippen molar-refractivity contribution in [2.75, 3.05) is 11.9 Å². The molecule has 3 rings (SSSR count). The van der Waals surface area contributed by atoms with Crippen molar-refractivity contribution in [3.05, 3.63) is 72.4 Å². The maximum Gasteiger partial charge on any atom is 0.133 e. The van der Waals surface area contributed by atoms with E-state index in [2.05, 4.69) is 52.8 Å². The maximum atomic E-state index is 4.43. The van der Waals surface area contributed by atoms with Crippen LogP contribution in [0.4, 0.5) is 5.82 Å². The summed E-state index contributed by atoms with van der Waals surface area (Å²) in [5, 5.41) is 5.83. The van der Waals surface area contributed by atoms with Crippen LogP contribution in [0.15, 0.2) is 66.9 Å². The van der Waals surface area contributed by atoms with E-state index in [4.69, 9.17) is 0 Å². The number of hydrogen-bond acceptors (Lipinski definition) is 2. The highest BCUT2D eigenvalue weighted by Gasteiger charge is 2.00. The standard InChI is InChI=1S/C17H16N2/c1-2-6-14(7-3-1)10-12-18-17-16-9-5-4-8-15(16)11-13-19-17/h1-9,11,13H,10,12H2,(H,18,19). The first kappa shape index (κ1) is 11.7. The molecule has 1 aromatic heterocycles. The molecule has 0 radical (unpaired) electrons. The number of nitrogens with zero attached hydrogens (tertiary/aromatic N) is 1. The highest BCUT2D eigenvalue weighted by Crippen LogP contribution is 2.20. The topological polar surface area (TPSA) is 24.9 Å². The normalized spacial score (nSPS) is 10.5. The summed E-state index contributed by atoms with van der Waals surface area (Å²) in [5.74, 6) is 0.967. The van der Waals surface area contributed by atoms with E-state index in [9.17, 15) is 0 Å². The molecule has 0 aliphatic carbocycles. The quantitative estimate of drug-likeness (QED) is 0.757. The summed E-state index contributed by atoms with van der Waals surface area (Å²) in [6.45, 7) is 0.894. The molecule has 3 aromatic rings. The molecule has 2 aromatic carbocycles. The molecule has 0 aliphatic rings. The van der Waals surface area contributed by atoms with Crippen molar-refractivity contribution in [3.63, 3.8) is 0 Å².